The third kappa shape index (κ3) is 3.40. The second-order valence-electron chi connectivity index (χ2n) is 0.432. The van der Waals surface area contributed by atoms with Gasteiger partial charge in [-0.1, -0.05) is 0 Å². The van der Waals surface area contributed by atoms with Crippen LogP contribution in [0.2, 0.25) is 0 Å². The van der Waals surface area contributed by atoms with E-state index in [0.29, 0.717) is 0 Å². The molecule has 5 heavy (non-hydrogen) atoms. The lowest BCUT2D eigenvalue weighted by Gasteiger charge is -1.66. The fraction of sp³-hybridized carbons (Fsp3) is 0. The molecule has 30 valence electrons. The lowest BCUT2D eigenvalue weighted by molar-refractivity contribution is 0.271. The molecule has 0 unspecified atom stereocenters. The van der Waals surface area contributed by atoms with Crippen LogP contribution in [0, 0.1) is 0 Å². The summed E-state index contributed by atoms with van der Waals surface area (Å²) in [5, 5.41) is 7.18. The first-order valence-corrected chi connectivity index (χ1v) is 0.919. The molecule has 0 amide bonds. The van der Waals surface area contributed by atoms with Crippen LogP contribution in [0.4, 0.5) is 8.78 Å². The van der Waals surface area contributed by atoms with Gasteiger partial charge in [-0.15, -0.1) is 0 Å². The van der Waals surface area contributed by atoms with Gasteiger partial charge in [0.25, 0.3) is 6.01 Å². The molecule has 0 rings (SSSR count). The molecule has 0 aromatic carbocycles. The summed E-state index contributed by atoms with van der Waals surface area (Å²) < 4.78 is 20.8. The highest BCUT2D eigenvalue weighted by molar-refractivity contribution is 4.65. The van der Waals surface area contributed by atoms with Gasteiger partial charge < -0.3 is 5.11 Å². The van der Waals surface area contributed by atoms with E-state index in [-0.39, 0.29) is 0 Å². The van der Waals surface area contributed by atoms with Gasteiger partial charge in [-0.3, -0.25) is 0 Å². The molecule has 0 aromatic heterocycles. The minimum atomic E-state index is -1.79. The second kappa shape index (κ2) is 1.69. The monoisotopic (exact) mass is 80.0 g/mol. The van der Waals surface area contributed by atoms with Crippen LogP contribution in [0.15, 0.2) is 12.3 Å². The van der Waals surface area contributed by atoms with Gasteiger partial charge in [-0.2, -0.15) is 4.39 Å². The van der Waals surface area contributed by atoms with E-state index >= 15 is 0 Å². The van der Waals surface area contributed by atoms with E-state index in [2.05, 4.69) is 0 Å². The Kier molecular flexibility index (Phi) is 1.49. The fourth-order valence-corrected chi connectivity index (χ4v) is 0. The van der Waals surface area contributed by atoms with Gasteiger partial charge in [0.15, 0.2) is 6.33 Å². The Morgan fingerprint density at radius 3 is 2.00 bits per heavy atom. The SMILES string of the molecule is O/C(F)=C/F. The zero-order chi connectivity index (χ0) is 4.28. The zero-order valence-corrected chi connectivity index (χ0v) is 2.28. The molecule has 0 saturated carbocycles. The highest BCUT2D eigenvalue weighted by Crippen LogP contribution is 1.84. The summed E-state index contributed by atoms with van der Waals surface area (Å²) in [6.45, 7) is 0. The van der Waals surface area contributed by atoms with Crippen molar-refractivity contribution in [3.63, 3.8) is 0 Å². The zero-order valence-electron chi connectivity index (χ0n) is 2.28. The molecule has 0 atom stereocenters. The van der Waals surface area contributed by atoms with E-state index in [1.807, 2.05) is 0 Å². The highest BCUT2D eigenvalue weighted by atomic mass is 19.2. The van der Waals surface area contributed by atoms with Crippen LogP contribution in [0.25, 0.3) is 0 Å². The predicted molar refractivity (Wildman–Crippen MR) is 12.9 cm³/mol. The van der Waals surface area contributed by atoms with Gasteiger partial charge >= 0.3 is 0 Å². The maximum absolute atomic E-state index is 10.5. The molecule has 0 bridgehead atoms. The summed E-state index contributed by atoms with van der Waals surface area (Å²) in [4.78, 5) is 0. The number of aliphatic hydroxyl groups is 1. The summed E-state index contributed by atoms with van der Waals surface area (Å²) in [5.41, 5.74) is 0. The largest absolute Gasteiger partial charge is 0.485 e. The molecule has 0 aromatic rings. The van der Waals surface area contributed by atoms with Gasteiger partial charge in [0.05, 0.1) is 0 Å². The summed E-state index contributed by atoms with van der Waals surface area (Å²) in [6, 6.07) is -1.79. The summed E-state index contributed by atoms with van der Waals surface area (Å²) >= 11 is 0. The van der Waals surface area contributed by atoms with E-state index in [1.165, 1.54) is 0 Å². The standard InChI is InChI=1S/C2H2F2O/c3-1-2(4)5/h1,5H/b2-1+. The van der Waals surface area contributed by atoms with Crippen molar-refractivity contribution in [1.82, 2.24) is 0 Å². The number of hydrogen-bond donors (Lipinski definition) is 1. The third-order valence-electron chi connectivity index (χ3n) is 0.0900. The molecule has 0 aliphatic heterocycles. The Hall–Kier alpha value is -0.600. The van der Waals surface area contributed by atoms with E-state index in [0.717, 1.165) is 0 Å². The van der Waals surface area contributed by atoms with Crippen molar-refractivity contribution in [3.05, 3.63) is 12.3 Å². The Morgan fingerprint density at radius 2 is 2.00 bits per heavy atom. The fourth-order valence-electron chi connectivity index (χ4n) is 0. The van der Waals surface area contributed by atoms with Crippen LogP contribution in [0.5, 0.6) is 0 Å². The van der Waals surface area contributed by atoms with Gasteiger partial charge in [-0.25, -0.2) is 4.39 Å². The first kappa shape index (κ1) is 4.40. The first-order chi connectivity index (χ1) is 2.27. The molecule has 0 fully saturated rings. The smallest absolute Gasteiger partial charge is 0.299 e. The Labute approximate surface area is 27.5 Å². The predicted octanol–water partition coefficient (Wildman–Crippen LogP) is 1.28. The minimum Gasteiger partial charge on any atom is -0.485 e. The highest BCUT2D eigenvalue weighted by Gasteiger charge is 1.74. The molecule has 1 N–H and O–H groups in total. The molecule has 3 heteroatoms. The van der Waals surface area contributed by atoms with Crippen molar-refractivity contribution >= 4 is 0 Å². The molecular weight excluding hydrogens is 78.0 g/mol. The van der Waals surface area contributed by atoms with E-state index < -0.39 is 12.3 Å². The quantitative estimate of drug-likeness (QED) is 0.434. The number of halogens is 2. The van der Waals surface area contributed by atoms with Crippen molar-refractivity contribution in [3.8, 4) is 0 Å². The van der Waals surface area contributed by atoms with Crippen LogP contribution in [-0.2, 0) is 0 Å². The number of rotatable bonds is 0. The average molecular weight is 80.0 g/mol. The van der Waals surface area contributed by atoms with Crippen molar-refractivity contribution in [2.24, 2.45) is 0 Å². The normalized spacial score (nSPS) is 12.0. The van der Waals surface area contributed by atoms with Gasteiger partial charge in [0, 0.05) is 0 Å². The Morgan fingerprint density at radius 1 is 1.80 bits per heavy atom. The first-order valence-electron chi connectivity index (χ1n) is 0.919. The van der Waals surface area contributed by atoms with Crippen LogP contribution in [-0.4, -0.2) is 5.11 Å². The Bertz CT molecular complexity index is 45.6. The molecule has 1 nitrogen and oxygen atoms in total. The number of hydrogen-bond acceptors (Lipinski definition) is 1. The van der Waals surface area contributed by atoms with Crippen molar-refractivity contribution < 1.29 is 13.9 Å². The molecule has 0 radical (unpaired) electrons. The van der Waals surface area contributed by atoms with Crippen LogP contribution < -0.4 is 0 Å². The molecule has 0 saturated heterocycles. The summed E-state index contributed by atoms with van der Waals surface area (Å²) in [6.07, 6.45) is -0.528. The van der Waals surface area contributed by atoms with Crippen molar-refractivity contribution in [2.75, 3.05) is 0 Å². The van der Waals surface area contributed by atoms with Gasteiger partial charge in [0.1, 0.15) is 0 Å². The van der Waals surface area contributed by atoms with Gasteiger partial charge in [0.2, 0.25) is 0 Å². The van der Waals surface area contributed by atoms with E-state index in [1.54, 1.807) is 0 Å². The lowest BCUT2D eigenvalue weighted by atomic mass is 11.1. The van der Waals surface area contributed by atoms with Crippen LogP contribution in [0.1, 0.15) is 0 Å². The van der Waals surface area contributed by atoms with Crippen LogP contribution in [0.3, 0.4) is 0 Å². The van der Waals surface area contributed by atoms with E-state index in [4.69, 9.17) is 5.11 Å². The minimum absolute atomic E-state index is 0.528. The molecular formula is C2H2F2O. The van der Waals surface area contributed by atoms with Crippen LogP contribution >= 0.6 is 0 Å². The lowest BCUT2D eigenvalue weighted by Crippen LogP contribution is -1.55. The number of aliphatic hydroxyl groups excluding tert-OH is 1. The topological polar surface area (TPSA) is 20.2 Å². The summed E-state index contributed by atoms with van der Waals surface area (Å²) in [7, 11) is 0. The molecule has 0 aliphatic carbocycles. The third-order valence-corrected chi connectivity index (χ3v) is 0.0900. The molecule has 0 aliphatic rings. The van der Waals surface area contributed by atoms with Crippen molar-refractivity contribution in [1.29, 1.82) is 0 Å². The molecule has 0 spiro atoms. The average Bonchev–Trinajstić information content (AvgIpc) is 1.38. The van der Waals surface area contributed by atoms with Crippen molar-refractivity contribution in [2.45, 2.75) is 0 Å². The summed E-state index contributed by atoms with van der Waals surface area (Å²) in [5.74, 6) is 0. The Balaban J connectivity index is 3.14. The second-order valence-corrected chi connectivity index (χ2v) is 0.432. The van der Waals surface area contributed by atoms with Gasteiger partial charge in [-0.05, 0) is 0 Å². The maximum Gasteiger partial charge on any atom is 0.299 e. The maximum atomic E-state index is 10.5. The van der Waals surface area contributed by atoms with E-state index in [9.17, 15) is 8.78 Å². The molecule has 0 heterocycles.